The van der Waals surface area contributed by atoms with Gasteiger partial charge in [-0.3, -0.25) is 9.59 Å². The smallest absolute Gasteiger partial charge is 0.306 e. The van der Waals surface area contributed by atoms with E-state index in [0.29, 0.717) is 12.8 Å². The molecule has 0 saturated carbocycles. The minimum atomic E-state index is -0.678. The maximum absolute atomic E-state index is 12.6. The van der Waals surface area contributed by atoms with Crippen LogP contribution in [0.2, 0.25) is 0 Å². The number of esters is 1. The lowest BCUT2D eigenvalue weighted by molar-refractivity contribution is -0.150. The van der Waals surface area contributed by atoms with Crippen LogP contribution in [-0.2, 0) is 14.3 Å². The second-order valence-corrected chi connectivity index (χ2v) is 13.4. The van der Waals surface area contributed by atoms with Crippen LogP contribution in [0.15, 0.2) is 60.8 Å². The molecule has 276 valence electrons. The average molecular weight is 669 g/mol. The third-order valence-electron chi connectivity index (χ3n) is 8.75. The number of carbonyl (C=O) groups excluding carboxylic acids is 1. The number of carbonyl (C=O) groups is 2. The summed E-state index contributed by atoms with van der Waals surface area (Å²) in [5.41, 5.74) is 0. The molecule has 0 aromatic rings. The molecule has 0 bridgehead atoms. The first kappa shape index (κ1) is 45.6. The number of unbranched alkanes of at least 4 members (excludes halogenated alkanes) is 17. The van der Waals surface area contributed by atoms with Gasteiger partial charge in [-0.25, -0.2) is 0 Å². The van der Waals surface area contributed by atoms with Gasteiger partial charge < -0.3 is 9.84 Å². The molecule has 0 aliphatic rings. The minimum absolute atomic E-state index is 0.0117. The summed E-state index contributed by atoms with van der Waals surface area (Å²) in [6.45, 7) is 4.40. The number of carboxylic acids is 1. The van der Waals surface area contributed by atoms with Crippen molar-refractivity contribution >= 4 is 11.9 Å². The fourth-order valence-electron chi connectivity index (χ4n) is 5.80. The molecule has 0 spiro atoms. The SMILES string of the molecule is CC/C=C\C/C=C\C/C=C\C/C=C\C/C=C\CCCCCCCC(=O)OC(CCCCCC)CCCCCCCCCCCCC(=O)O. The van der Waals surface area contributed by atoms with Crippen LogP contribution in [-0.4, -0.2) is 23.1 Å². The Morgan fingerprint density at radius 2 is 0.875 bits per heavy atom. The molecule has 1 atom stereocenters. The number of carboxylic acid groups (broad SMARTS) is 1. The van der Waals surface area contributed by atoms with Gasteiger partial charge in [-0.2, -0.15) is 0 Å². The highest BCUT2D eigenvalue weighted by Crippen LogP contribution is 2.18. The maximum atomic E-state index is 12.6. The minimum Gasteiger partial charge on any atom is -0.481 e. The van der Waals surface area contributed by atoms with Crippen molar-refractivity contribution in [1.29, 1.82) is 0 Å². The van der Waals surface area contributed by atoms with Gasteiger partial charge in [0, 0.05) is 12.8 Å². The van der Waals surface area contributed by atoms with Gasteiger partial charge in [-0.15, -0.1) is 0 Å². The number of hydrogen-bond donors (Lipinski definition) is 1. The van der Waals surface area contributed by atoms with Gasteiger partial charge >= 0.3 is 11.9 Å². The number of rotatable bonds is 36. The molecule has 4 heteroatoms. The zero-order chi connectivity index (χ0) is 35.0. The van der Waals surface area contributed by atoms with Crippen molar-refractivity contribution in [2.45, 2.75) is 206 Å². The van der Waals surface area contributed by atoms with Crippen molar-refractivity contribution < 1.29 is 19.4 Å². The molecule has 1 unspecified atom stereocenters. The second-order valence-electron chi connectivity index (χ2n) is 13.4. The van der Waals surface area contributed by atoms with E-state index in [4.69, 9.17) is 9.84 Å². The van der Waals surface area contributed by atoms with Gasteiger partial charge in [-0.05, 0) is 83.5 Å². The van der Waals surface area contributed by atoms with Gasteiger partial charge in [0.2, 0.25) is 0 Å². The standard InChI is InChI=1S/C44H76O4/c1-3-5-7-9-10-11-12-13-14-15-16-17-18-19-20-21-22-27-30-33-37-41-44(47)48-42(38-34-8-6-4-2)39-35-31-28-25-23-24-26-29-32-36-40-43(45)46/h5,7,10-11,13-14,16-17,19-20,42H,3-4,6,8-9,12,15,18,21-41H2,1-2H3,(H,45,46)/b7-5-,11-10-,14-13-,17-16-,20-19-. The molecule has 0 aliphatic carbocycles. The number of ether oxygens (including phenoxy) is 1. The third kappa shape index (κ3) is 38.1. The summed E-state index contributed by atoms with van der Waals surface area (Å²) >= 11 is 0. The Hall–Kier alpha value is -2.36. The van der Waals surface area contributed by atoms with Crippen molar-refractivity contribution in [2.75, 3.05) is 0 Å². The van der Waals surface area contributed by atoms with Crippen LogP contribution in [0.25, 0.3) is 0 Å². The van der Waals surface area contributed by atoms with Crippen LogP contribution in [0.4, 0.5) is 0 Å². The maximum Gasteiger partial charge on any atom is 0.306 e. The molecule has 0 aromatic carbocycles. The molecule has 48 heavy (non-hydrogen) atoms. The van der Waals surface area contributed by atoms with Crippen LogP contribution in [0.3, 0.4) is 0 Å². The molecule has 0 radical (unpaired) electrons. The van der Waals surface area contributed by atoms with E-state index in [-0.39, 0.29) is 12.1 Å². The normalized spacial score (nSPS) is 12.9. The predicted octanol–water partition coefficient (Wildman–Crippen LogP) is 14.1. The highest BCUT2D eigenvalue weighted by Gasteiger charge is 2.14. The van der Waals surface area contributed by atoms with Crippen molar-refractivity contribution in [3.8, 4) is 0 Å². The lowest BCUT2D eigenvalue weighted by atomic mass is 10.0. The van der Waals surface area contributed by atoms with Crippen LogP contribution < -0.4 is 0 Å². The molecule has 0 fully saturated rings. The zero-order valence-corrected chi connectivity index (χ0v) is 31.5. The van der Waals surface area contributed by atoms with Gasteiger partial charge in [0.15, 0.2) is 0 Å². The fourth-order valence-corrected chi connectivity index (χ4v) is 5.80. The van der Waals surface area contributed by atoms with Gasteiger partial charge in [0.05, 0.1) is 0 Å². The Labute approximate surface area is 297 Å². The summed E-state index contributed by atoms with van der Waals surface area (Å²) in [6, 6.07) is 0. The molecule has 0 aromatic heterocycles. The highest BCUT2D eigenvalue weighted by molar-refractivity contribution is 5.69. The number of allylic oxidation sites excluding steroid dienone is 10. The zero-order valence-electron chi connectivity index (χ0n) is 31.5. The Kier molecular flexibility index (Phi) is 37.2. The molecule has 0 saturated heterocycles. The lowest BCUT2D eigenvalue weighted by Crippen LogP contribution is -2.18. The van der Waals surface area contributed by atoms with E-state index in [0.717, 1.165) is 96.3 Å². The fraction of sp³-hybridized carbons (Fsp3) is 0.727. The summed E-state index contributed by atoms with van der Waals surface area (Å²) in [4.78, 5) is 23.2. The Bertz CT molecular complexity index is 850. The Morgan fingerprint density at radius 3 is 1.35 bits per heavy atom. The van der Waals surface area contributed by atoms with Crippen LogP contribution in [0.1, 0.15) is 200 Å². The molecule has 0 aliphatic heterocycles. The summed E-state index contributed by atoms with van der Waals surface area (Å²) in [5.74, 6) is -0.666. The van der Waals surface area contributed by atoms with Crippen LogP contribution in [0.5, 0.6) is 0 Å². The van der Waals surface area contributed by atoms with E-state index >= 15 is 0 Å². The molecular formula is C44H76O4. The van der Waals surface area contributed by atoms with Gasteiger partial charge in [0.1, 0.15) is 6.10 Å². The van der Waals surface area contributed by atoms with Crippen molar-refractivity contribution in [3.05, 3.63) is 60.8 Å². The first-order valence-electron chi connectivity index (χ1n) is 20.3. The van der Waals surface area contributed by atoms with Crippen LogP contribution >= 0.6 is 0 Å². The second kappa shape index (κ2) is 39.1. The van der Waals surface area contributed by atoms with Gasteiger partial charge in [-0.1, -0.05) is 164 Å². The topological polar surface area (TPSA) is 63.6 Å². The molecule has 0 heterocycles. The monoisotopic (exact) mass is 669 g/mol. The van der Waals surface area contributed by atoms with Crippen molar-refractivity contribution in [1.82, 2.24) is 0 Å². The highest BCUT2D eigenvalue weighted by atomic mass is 16.5. The number of aliphatic carboxylic acids is 1. The molecule has 1 N–H and O–H groups in total. The van der Waals surface area contributed by atoms with Gasteiger partial charge in [0.25, 0.3) is 0 Å². The first-order valence-corrected chi connectivity index (χ1v) is 20.3. The predicted molar refractivity (Wildman–Crippen MR) is 208 cm³/mol. The molecule has 0 rings (SSSR count). The van der Waals surface area contributed by atoms with Crippen LogP contribution in [0, 0.1) is 0 Å². The molecule has 4 nitrogen and oxygen atoms in total. The summed E-state index contributed by atoms with van der Waals surface area (Å²) < 4.78 is 5.98. The average Bonchev–Trinajstić information content (AvgIpc) is 3.07. The third-order valence-corrected chi connectivity index (χ3v) is 8.75. The molecule has 0 amide bonds. The van der Waals surface area contributed by atoms with Crippen molar-refractivity contribution in [2.24, 2.45) is 0 Å². The van der Waals surface area contributed by atoms with E-state index in [1.54, 1.807) is 0 Å². The summed E-state index contributed by atoms with van der Waals surface area (Å²) in [6.07, 6.45) is 54.1. The van der Waals surface area contributed by atoms with E-state index in [1.807, 2.05) is 0 Å². The van der Waals surface area contributed by atoms with E-state index < -0.39 is 5.97 Å². The van der Waals surface area contributed by atoms with E-state index in [2.05, 4.69) is 74.6 Å². The number of hydrogen-bond acceptors (Lipinski definition) is 3. The van der Waals surface area contributed by atoms with E-state index in [9.17, 15) is 9.59 Å². The Balaban J connectivity index is 3.86. The summed E-state index contributed by atoms with van der Waals surface area (Å²) in [7, 11) is 0. The largest absolute Gasteiger partial charge is 0.481 e. The first-order chi connectivity index (χ1) is 23.6. The lowest BCUT2D eigenvalue weighted by Gasteiger charge is -2.18. The Morgan fingerprint density at radius 1 is 0.479 bits per heavy atom. The van der Waals surface area contributed by atoms with Crippen molar-refractivity contribution in [3.63, 3.8) is 0 Å². The molecular weight excluding hydrogens is 592 g/mol. The summed E-state index contributed by atoms with van der Waals surface area (Å²) in [5, 5.41) is 8.70. The van der Waals surface area contributed by atoms with E-state index in [1.165, 1.54) is 77.0 Å². The quantitative estimate of drug-likeness (QED) is 0.0410.